The number of aliphatic carboxylic acids is 1. The van der Waals surface area contributed by atoms with Gasteiger partial charge in [0.1, 0.15) is 0 Å². The largest absolute Gasteiger partial charge is 0.479 e. The molecular formula is C15H20N2O3. The fourth-order valence-electron chi connectivity index (χ4n) is 2.39. The third-order valence-electron chi connectivity index (χ3n) is 3.55. The molecule has 5 heteroatoms. The molecule has 0 bridgehead atoms. The number of hydrogen-bond acceptors (Lipinski definition) is 2. The van der Waals surface area contributed by atoms with Gasteiger partial charge < -0.3 is 15.7 Å². The molecule has 1 aromatic rings. The Morgan fingerprint density at radius 2 is 2.05 bits per heavy atom. The Morgan fingerprint density at radius 3 is 2.65 bits per heavy atom. The first-order chi connectivity index (χ1) is 9.61. The minimum atomic E-state index is -1.06. The molecule has 2 rings (SSSR count). The average Bonchev–Trinajstić information content (AvgIpc) is 3.15. The number of carbonyl (C=O) groups is 2. The van der Waals surface area contributed by atoms with Gasteiger partial charge in [-0.15, -0.1) is 0 Å². The van der Waals surface area contributed by atoms with Gasteiger partial charge in [-0.3, -0.25) is 0 Å². The maximum atomic E-state index is 11.8. The van der Waals surface area contributed by atoms with Gasteiger partial charge in [0, 0.05) is 6.04 Å². The van der Waals surface area contributed by atoms with E-state index < -0.39 is 18.0 Å². The molecule has 0 saturated heterocycles. The minimum Gasteiger partial charge on any atom is -0.479 e. The number of carboxylic acid groups (broad SMARTS) is 1. The summed E-state index contributed by atoms with van der Waals surface area (Å²) >= 11 is 0. The van der Waals surface area contributed by atoms with Crippen LogP contribution in [0.5, 0.6) is 0 Å². The summed E-state index contributed by atoms with van der Waals surface area (Å²) in [6, 6.07) is 7.46. The van der Waals surface area contributed by atoms with Crippen LogP contribution in [-0.4, -0.2) is 23.1 Å². The zero-order chi connectivity index (χ0) is 14.5. The van der Waals surface area contributed by atoms with Crippen molar-refractivity contribution in [2.24, 2.45) is 5.92 Å². The van der Waals surface area contributed by atoms with Crippen molar-refractivity contribution in [1.29, 1.82) is 0 Å². The Bertz CT molecular complexity index is 475. The maximum Gasteiger partial charge on any atom is 0.330 e. The van der Waals surface area contributed by atoms with Crippen LogP contribution in [0.1, 0.15) is 37.8 Å². The summed E-state index contributed by atoms with van der Waals surface area (Å²) in [6.45, 7) is 2.12. The summed E-state index contributed by atoms with van der Waals surface area (Å²) in [4.78, 5) is 23.1. The molecule has 1 saturated carbocycles. The van der Waals surface area contributed by atoms with Gasteiger partial charge in [-0.25, -0.2) is 9.59 Å². The van der Waals surface area contributed by atoms with Crippen LogP contribution in [-0.2, 0) is 4.79 Å². The number of carboxylic acids is 1. The lowest BCUT2D eigenvalue weighted by Gasteiger charge is -2.15. The zero-order valence-corrected chi connectivity index (χ0v) is 11.5. The maximum absolute atomic E-state index is 11.8. The Kier molecular flexibility index (Phi) is 4.61. The van der Waals surface area contributed by atoms with Crippen LogP contribution in [0, 0.1) is 5.92 Å². The van der Waals surface area contributed by atoms with Crippen LogP contribution < -0.4 is 10.6 Å². The van der Waals surface area contributed by atoms with E-state index in [2.05, 4.69) is 17.6 Å². The minimum absolute atomic E-state index is 0.195. The molecule has 5 nitrogen and oxygen atoms in total. The molecule has 108 valence electrons. The SMILES string of the molecule is CCCC1CC1NC(=O)N[C@H](C(=O)O)c1ccccc1. The van der Waals surface area contributed by atoms with Crippen molar-refractivity contribution in [2.75, 3.05) is 0 Å². The lowest BCUT2D eigenvalue weighted by Crippen LogP contribution is -2.42. The fourth-order valence-corrected chi connectivity index (χ4v) is 2.39. The van der Waals surface area contributed by atoms with E-state index in [1.807, 2.05) is 6.07 Å². The molecule has 1 aliphatic carbocycles. The van der Waals surface area contributed by atoms with Crippen LogP contribution in [0.2, 0.25) is 0 Å². The Hall–Kier alpha value is -2.04. The summed E-state index contributed by atoms with van der Waals surface area (Å²) in [5.41, 5.74) is 0.566. The van der Waals surface area contributed by atoms with Crippen LogP contribution in [0.25, 0.3) is 0 Å². The molecule has 0 heterocycles. The highest BCUT2D eigenvalue weighted by molar-refractivity contribution is 5.83. The normalized spacial score (nSPS) is 21.9. The van der Waals surface area contributed by atoms with E-state index in [-0.39, 0.29) is 6.04 Å². The highest BCUT2D eigenvalue weighted by Crippen LogP contribution is 2.34. The van der Waals surface area contributed by atoms with E-state index in [1.165, 1.54) is 0 Å². The topological polar surface area (TPSA) is 78.4 Å². The molecular weight excluding hydrogens is 256 g/mol. The van der Waals surface area contributed by atoms with Crippen molar-refractivity contribution < 1.29 is 14.7 Å². The second kappa shape index (κ2) is 6.41. The first kappa shape index (κ1) is 14.4. The lowest BCUT2D eigenvalue weighted by atomic mass is 10.1. The predicted octanol–water partition coefficient (Wildman–Crippen LogP) is 2.30. The van der Waals surface area contributed by atoms with Crippen LogP contribution in [0.4, 0.5) is 4.79 Å². The number of urea groups is 1. The Morgan fingerprint density at radius 1 is 1.35 bits per heavy atom. The smallest absolute Gasteiger partial charge is 0.330 e. The third-order valence-corrected chi connectivity index (χ3v) is 3.55. The van der Waals surface area contributed by atoms with Gasteiger partial charge in [0.25, 0.3) is 0 Å². The van der Waals surface area contributed by atoms with E-state index >= 15 is 0 Å². The number of amides is 2. The van der Waals surface area contributed by atoms with Crippen molar-refractivity contribution in [3.8, 4) is 0 Å². The van der Waals surface area contributed by atoms with Crippen molar-refractivity contribution >= 4 is 12.0 Å². The molecule has 0 aliphatic heterocycles. The lowest BCUT2D eigenvalue weighted by molar-refractivity contribution is -0.139. The molecule has 1 aromatic carbocycles. The second-order valence-electron chi connectivity index (χ2n) is 5.19. The molecule has 2 amide bonds. The van der Waals surface area contributed by atoms with Crippen molar-refractivity contribution in [3.63, 3.8) is 0 Å². The van der Waals surface area contributed by atoms with Crippen LogP contribution >= 0.6 is 0 Å². The monoisotopic (exact) mass is 276 g/mol. The van der Waals surface area contributed by atoms with Gasteiger partial charge in [-0.1, -0.05) is 43.7 Å². The number of nitrogens with one attached hydrogen (secondary N) is 2. The molecule has 2 unspecified atom stereocenters. The standard InChI is InChI=1S/C15H20N2O3/c1-2-6-11-9-12(11)16-15(20)17-13(14(18)19)10-7-4-3-5-8-10/h3-5,7-8,11-13H,2,6,9H2,1H3,(H,18,19)(H2,16,17,20)/t11?,12?,13-/m0/s1. The number of hydrogen-bond donors (Lipinski definition) is 3. The summed E-state index contributed by atoms with van der Waals surface area (Å²) in [5, 5.41) is 14.6. The van der Waals surface area contributed by atoms with Crippen molar-refractivity contribution in [3.05, 3.63) is 35.9 Å². The molecule has 1 aliphatic rings. The van der Waals surface area contributed by atoms with E-state index in [0.29, 0.717) is 11.5 Å². The van der Waals surface area contributed by atoms with Crippen molar-refractivity contribution in [2.45, 2.75) is 38.3 Å². The van der Waals surface area contributed by atoms with Gasteiger partial charge in [-0.2, -0.15) is 0 Å². The van der Waals surface area contributed by atoms with Crippen LogP contribution in [0.3, 0.4) is 0 Å². The van der Waals surface area contributed by atoms with Gasteiger partial charge in [0.2, 0.25) is 0 Å². The summed E-state index contributed by atoms with van der Waals surface area (Å²) in [7, 11) is 0. The molecule has 0 radical (unpaired) electrons. The van der Waals surface area contributed by atoms with Gasteiger partial charge in [0.05, 0.1) is 0 Å². The number of carbonyl (C=O) groups excluding carboxylic acids is 1. The van der Waals surface area contributed by atoms with Crippen LogP contribution in [0.15, 0.2) is 30.3 Å². The van der Waals surface area contributed by atoms with Gasteiger partial charge in [0.15, 0.2) is 6.04 Å². The van der Waals surface area contributed by atoms with Gasteiger partial charge in [-0.05, 0) is 24.3 Å². The first-order valence-corrected chi connectivity index (χ1v) is 6.96. The van der Waals surface area contributed by atoms with E-state index in [4.69, 9.17) is 0 Å². The van der Waals surface area contributed by atoms with Gasteiger partial charge >= 0.3 is 12.0 Å². The number of benzene rings is 1. The highest BCUT2D eigenvalue weighted by Gasteiger charge is 2.37. The zero-order valence-electron chi connectivity index (χ0n) is 11.5. The Labute approximate surface area is 118 Å². The van der Waals surface area contributed by atoms with E-state index in [0.717, 1.165) is 19.3 Å². The quantitative estimate of drug-likeness (QED) is 0.746. The first-order valence-electron chi connectivity index (χ1n) is 6.96. The Balaban J connectivity index is 1.89. The molecule has 0 spiro atoms. The van der Waals surface area contributed by atoms with E-state index in [9.17, 15) is 14.7 Å². The summed E-state index contributed by atoms with van der Waals surface area (Å²) < 4.78 is 0. The predicted molar refractivity (Wildman–Crippen MR) is 75.3 cm³/mol. The molecule has 3 N–H and O–H groups in total. The molecule has 3 atom stereocenters. The molecule has 0 aromatic heterocycles. The van der Waals surface area contributed by atoms with Crippen molar-refractivity contribution in [1.82, 2.24) is 10.6 Å². The average molecular weight is 276 g/mol. The van der Waals surface area contributed by atoms with E-state index in [1.54, 1.807) is 24.3 Å². The summed E-state index contributed by atoms with van der Waals surface area (Å²) in [6.07, 6.45) is 3.20. The summed E-state index contributed by atoms with van der Waals surface area (Å²) in [5.74, 6) is -0.516. The highest BCUT2D eigenvalue weighted by atomic mass is 16.4. The third kappa shape index (κ3) is 3.73. The fraction of sp³-hybridized carbons (Fsp3) is 0.467. The molecule has 1 fully saturated rings. The second-order valence-corrected chi connectivity index (χ2v) is 5.19. The molecule has 20 heavy (non-hydrogen) atoms. The number of rotatable bonds is 6.